The topological polar surface area (TPSA) is 81.4 Å². The molecule has 0 aliphatic carbocycles. The molecule has 8 nitrogen and oxygen atoms in total. The van der Waals surface area contributed by atoms with Gasteiger partial charge >= 0.3 is 11.9 Å². The van der Waals surface area contributed by atoms with Crippen molar-refractivity contribution in [1.82, 2.24) is 24.6 Å². The lowest BCUT2D eigenvalue weighted by Crippen LogP contribution is -2.44. The van der Waals surface area contributed by atoms with Crippen LogP contribution in [0.3, 0.4) is 0 Å². The third-order valence-electron chi connectivity index (χ3n) is 5.08. The summed E-state index contributed by atoms with van der Waals surface area (Å²) in [5.74, 6) is -1.29. The average molecular weight is 391 g/mol. The van der Waals surface area contributed by atoms with Crippen LogP contribution in [0.25, 0.3) is 0 Å². The number of carbonyl (C=O) groups excluding carboxylic acids is 1. The quantitative estimate of drug-likeness (QED) is 0.792. The molecule has 2 fully saturated rings. The first-order chi connectivity index (χ1) is 12.8. The predicted octanol–water partition coefficient (Wildman–Crippen LogP) is 0.533. The van der Waals surface area contributed by atoms with Gasteiger partial charge in [-0.3, -0.25) is 14.3 Å². The molecule has 1 aromatic heterocycles. The zero-order valence-corrected chi connectivity index (χ0v) is 15.2. The van der Waals surface area contributed by atoms with Crippen LogP contribution < -0.4 is 11.0 Å². The summed E-state index contributed by atoms with van der Waals surface area (Å²) >= 11 is 0. The smallest absolute Gasteiger partial charge is 0.376 e. The third kappa shape index (κ3) is 4.70. The Morgan fingerprint density at radius 3 is 2.56 bits per heavy atom. The number of ether oxygens (including phenoxy) is 1. The van der Waals surface area contributed by atoms with E-state index in [-0.39, 0.29) is 18.6 Å². The maximum atomic E-state index is 12.9. The first kappa shape index (κ1) is 19.9. The first-order valence-corrected chi connectivity index (χ1v) is 9.09. The molecule has 2 aliphatic heterocycles. The lowest BCUT2D eigenvalue weighted by molar-refractivity contribution is -0.147. The van der Waals surface area contributed by atoms with Crippen molar-refractivity contribution >= 4 is 5.91 Å². The number of nitrogens with one attached hydrogen (secondary N) is 1. The van der Waals surface area contributed by atoms with Crippen molar-refractivity contribution < 1.29 is 22.7 Å². The summed E-state index contributed by atoms with van der Waals surface area (Å²) in [6, 6.07) is -0.397. The number of amides is 1. The van der Waals surface area contributed by atoms with Crippen LogP contribution in [0.1, 0.15) is 37.5 Å². The van der Waals surface area contributed by atoms with Gasteiger partial charge < -0.3 is 10.1 Å². The number of rotatable bonds is 5. The van der Waals surface area contributed by atoms with E-state index < -0.39 is 23.7 Å². The van der Waals surface area contributed by atoms with Gasteiger partial charge in [-0.2, -0.15) is 13.2 Å². The van der Waals surface area contributed by atoms with Crippen LogP contribution in [0, 0.1) is 0 Å². The van der Waals surface area contributed by atoms with E-state index in [2.05, 4.69) is 10.4 Å². The molecule has 2 saturated heterocycles. The van der Waals surface area contributed by atoms with Crippen LogP contribution in [0.4, 0.5) is 13.2 Å². The molecule has 2 aliphatic rings. The summed E-state index contributed by atoms with van der Waals surface area (Å²) in [6.07, 6.45) is -1.69. The van der Waals surface area contributed by atoms with Gasteiger partial charge in [0.25, 0.3) is 0 Å². The van der Waals surface area contributed by atoms with Crippen molar-refractivity contribution in [3.8, 4) is 0 Å². The van der Waals surface area contributed by atoms with Gasteiger partial charge in [-0.05, 0) is 25.7 Å². The highest BCUT2D eigenvalue weighted by molar-refractivity contribution is 5.78. The van der Waals surface area contributed by atoms with Crippen LogP contribution in [0.2, 0.25) is 0 Å². The van der Waals surface area contributed by atoms with Gasteiger partial charge in [-0.15, -0.1) is 5.10 Å². The van der Waals surface area contributed by atoms with Gasteiger partial charge in [0.1, 0.15) is 0 Å². The first-order valence-electron chi connectivity index (χ1n) is 9.09. The number of nitrogens with zero attached hydrogens (tertiary/aromatic N) is 4. The standard InChI is InChI=1S/C16H24F3N5O3/c1-22-14(16(17,18)19)21-24(15(22)26)11-4-6-23(7-5-11)10-13(25)20-9-12-3-2-8-27-12/h11-12H,2-10H2,1H3,(H,20,25)/t12-/m1/s1. The highest BCUT2D eigenvalue weighted by Crippen LogP contribution is 2.28. The van der Waals surface area contributed by atoms with Gasteiger partial charge in [0.05, 0.1) is 18.7 Å². The zero-order chi connectivity index (χ0) is 19.6. The van der Waals surface area contributed by atoms with Crippen molar-refractivity contribution in [2.75, 3.05) is 32.8 Å². The number of likely N-dealkylation sites (tertiary alicyclic amines) is 1. The van der Waals surface area contributed by atoms with Crippen LogP contribution in [0.15, 0.2) is 4.79 Å². The number of piperidine rings is 1. The number of carbonyl (C=O) groups is 1. The van der Waals surface area contributed by atoms with Gasteiger partial charge in [0.15, 0.2) is 0 Å². The van der Waals surface area contributed by atoms with Crippen LogP contribution in [0.5, 0.6) is 0 Å². The molecule has 152 valence electrons. The summed E-state index contributed by atoms with van der Waals surface area (Å²) < 4.78 is 45.6. The molecular weight excluding hydrogens is 367 g/mol. The van der Waals surface area contributed by atoms with Crippen molar-refractivity contribution in [2.45, 2.75) is 44.0 Å². The van der Waals surface area contributed by atoms with Crippen molar-refractivity contribution in [2.24, 2.45) is 7.05 Å². The summed E-state index contributed by atoms with van der Waals surface area (Å²) in [4.78, 5) is 26.0. The normalized spacial score (nSPS) is 22.3. The van der Waals surface area contributed by atoms with Crippen molar-refractivity contribution in [3.05, 3.63) is 16.3 Å². The molecule has 0 radical (unpaired) electrons. The van der Waals surface area contributed by atoms with E-state index in [1.165, 1.54) is 0 Å². The largest absolute Gasteiger partial charge is 0.451 e. The molecule has 0 bridgehead atoms. The highest BCUT2D eigenvalue weighted by atomic mass is 19.4. The van der Waals surface area contributed by atoms with E-state index in [0.29, 0.717) is 37.0 Å². The molecule has 0 aromatic carbocycles. The Labute approximate surface area is 154 Å². The summed E-state index contributed by atoms with van der Waals surface area (Å²) in [5.41, 5.74) is -0.768. The second-order valence-corrected chi connectivity index (χ2v) is 7.05. The Bertz CT molecular complexity index is 716. The molecule has 1 amide bonds. The maximum Gasteiger partial charge on any atom is 0.451 e. The van der Waals surface area contributed by atoms with Gasteiger partial charge in [-0.1, -0.05) is 0 Å². The molecule has 3 rings (SSSR count). The monoisotopic (exact) mass is 391 g/mol. The Morgan fingerprint density at radius 1 is 1.30 bits per heavy atom. The summed E-state index contributed by atoms with van der Waals surface area (Å²) in [7, 11) is 1.07. The third-order valence-corrected chi connectivity index (χ3v) is 5.08. The Kier molecular flexibility index (Phi) is 5.89. The van der Waals surface area contributed by atoms with Crippen LogP contribution in [-0.2, 0) is 22.8 Å². The molecule has 3 heterocycles. The molecule has 0 saturated carbocycles. The minimum atomic E-state index is -4.67. The average Bonchev–Trinajstić information content (AvgIpc) is 3.23. The fraction of sp³-hybridized carbons (Fsp3) is 0.812. The number of aromatic nitrogens is 3. The molecular formula is C16H24F3N5O3. The van der Waals surface area contributed by atoms with E-state index >= 15 is 0 Å². The van der Waals surface area contributed by atoms with E-state index in [1.54, 1.807) is 0 Å². The van der Waals surface area contributed by atoms with Crippen LogP contribution >= 0.6 is 0 Å². The molecule has 11 heteroatoms. The Hall–Kier alpha value is -1.88. The SMILES string of the molecule is Cn1c(C(F)(F)F)nn(C2CCN(CC(=O)NC[C@H]3CCCO3)CC2)c1=O. The number of halogens is 3. The zero-order valence-electron chi connectivity index (χ0n) is 15.2. The number of hydrogen-bond acceptors (Lipinski definition) is 5. The molecule has 1 atom stereocenters. The fourth-order valence-electron chi connectivity index (χ4n) is 3.55. The predicted molar refractivity (Wildman–Crippen MR) is 89.2 cm³/mol. The van der Waals surface area contributed by atoms with E-state index in [0.717, 1.165) is 31.2 Å². The summed E-state index contributed by atoms with van der Waals surface area (Å²) in [5, 5.41) is 6.34. The van der Waals surface area contributed by atoms with Crippen molar-refractivity contribution in [3.63, 3.8) is 0 Å². The fourth-order valence-corrected chi connectivity index (χ4v) is 3.55. The number of alkyl halides is 3. The van der Waals surface area contributed by atoms with E-state index in [4.69, 9.17) is 4.74 Å². The lowest BCUT2D eigenvalue weighted by Gasteiger charge is -2.31. The number of hydrogen-bond donors (Lipinski definition) is 1. The van der Waals surface area contributed by atoms with E-state index in [9.17, 15) is 22.8 Å². The molecule has 0 unspecified atom stereocenters. The molecule has 0 spiro atoms. The van der Waals surface area contributed by atoms with E-state index in [1.807, 2.05) is 4.90 Å². The Morgan fingerprint density at radius 2 is 2.00 bits per heavy atom. The van der Waals surface area contributed by atoms with Gasteiger partial charge in [0.2, 0.25) is 11.7 Å². The molecule has 1 aromatic rings. The molecule has 27 heavy (non-hydrogen) atoms. The second kappa shape index (κ2) is 8.01. The van der Waals surface area contributed by atoms with Crippen LogP contribution in [-0.4, -0.2) is 64.0 Å². The minimum Gasteiger partial charge on any atom is -0.376 e. The lowest BCUT2D eigenvalue weighted by atomic mass is 10.1. The minimum absolute atomic E-state index is 0.0820. The van der Waals surface area contributed by atoms with Crippen molar-refractivity contribution in [1.29, 1.82) is 0 Å². The highest BCUT2D eigenvalue weighted by Gasteiger charge is 2.39. The second-order valence-electron chi connectivity index (χ2n) is 7.05. The van der Waals surface area contributed by atoms with Gasteiger partial charge in [-0.25, -0.2) is 9.48 Å². The van der Waals surface area contributed by atoms with Gasteiger partial charge in [0, 0.05) is 33.3 Å². The molecule has 1 N–H and O–H groups in total. The maximum absolute atomic E-state index is 12.9. The summed E-state index contributed by atoms with van der Waals surface area (Å²) in [6.45, 7) is 2.49. The Balaban J connectivity index is 1.50.